The van der Waals surface area contributed by atoms with Crippen LogP contribution >= 0.6 is 0 Å². The molecule has 2 aliphatic rings. The third-order valence-corrected chi connectivity index (χ3v) is 5.36. The standard InChI is InChI=1S/C19H25NO5/c1-23-15-5-6-17(24-2)16(10-15)20-18(21)11-25-19(22)9-14-8-12-3-4-13(14)7-12/h5-6,10,12-14H,3-4,7-9,11H2,1-2H3,(H,20,21)/t12-,13+,14+/m0/s1. The molecule has 3 atom stereocenters. The highest BCUT2D eigenvalue weighted by molar-refractivity contribution is 5.94. The molecule has 0 unspecified atom stereocenters. The molecule has 2 bridgehead atoms. The molecule has 2 aliphatic carbocycles. The van der Waals surface area contributed by atoms with Gasteiger partial charge in [-0.2, -0.15) is 0 Å². The minimum Gasteiger partial charge on any atom is -0.497 e. The fourth-order valence-electron chi connectivity index (χ4n) is 4.14. The zero-order valence-corrected chi connectivity index (χ0v) is 14.7. The van der Waals surface area contributed by atoms with Gasteiger partial charge in [0.05, 0.1) is 19.9 Å². The van der Waals surface area contributed by atoms with Gasteiger partial charge >= 0.3 is 5.97 Å². The van der Waals surface area contributed by atoms with E-state index in [0.717, 1.165) is 12.3 Å². The number of anilines is 1. The highest BCUT2D eigenvalue weighted by Crippen LogP contribution is 2.49. The predicted octanol–water partition coefficient (Wildman–Crippen LogP) is 3.01. The Hall–Kier alpha value is -2.24. The Morgan fingerprint density at radius 1 is 1.16 bits per heavy atom. The molecule has 0 spiro atoms. The Balaban J connectivity index is 1.47. The Labute approximate surface area is 147 Å². The van der Waals surface area contributed by atoms with Gasteiger partial charge in [0.2, 0.25) is 0 Å². The lowest BCUT2D eigenvalue weighted by Gasteiger charge is -2.20. The maximum Gasteiger partial charge on any atom is 0.306 e. The van der Waals surface area contributed by atoms with E-state index in [1.165, 1.54) is 26.4 Å². The maximum absolute atomic E-state index is 12.1. The van der Waals surface area contributed by atoms with Gasteiger partial charge in [-0.05, 0) is 49.1 Å². The third kappa shape index (κ3) is 4.24. The molecule has 0 saturated heterocycles. The molecule has 1 amide bonds. The van der Waals surface area contributed by atoms with Crippen LogP contribution in [0.5, 0.6) is 11.5 Å². The first-order valence-corrected chi connectivity index (χ1v) is 8.76. The Bertz CT molecular complexity index is 645. The van der Waals surface area contributed by atoms with Crippen LogP contribution in [0.2, 0.25) is 0 Å². The number of hydrogen-bond acceptors (Lipinski definition) is 5. The van der Waals surface area contributed by atoms with Gasteiger partial charge < -0.3 is 19.5 Å². The lowest BCUT2D eigenvalue weighted by molar-refractivity contribution is -0.148. The number of esters is 1. The summed E-state index contributed by atoms with van der Waals surface area (Å²) in [7, 11) is 3.07. The number of benzene rings is 1. The molecule has 25 heavy (non-hydrogen) atoms. The number of fused-ring (bicyclic) bond motifs is 2. The number of ether oxygens (including phenoxy) is 3. The van der Waals surface area contributed by atoms with Crippen LogP contribution < -0.4 is 14.8 Å². The van der Waals surface area contributed by atoms with Crippen LogP contribution in [0, 0.1) is 17.8 Å². The quantitative estimate of drug-likeness (QED) is 0.768. The van der Waals surface area contributed by atoms with Gasteiger partial charge in [0, 0.05) is 12.5 Å². The van der Waals surface area contributed by atoms with Gasteiger partial charge in [-0.3, -0.25) is 9.59 Å². The second-order valence-electron chi connectivity index (χ2n) is 6.91. The topological polar surface area (TPSA) is 73.9 Å². The van der Waals surface area contributed by atoms with Crippen LogP contribution in [0.25, 0.3) is 0 Å². The van der Waals surface area contributed by atoms with Crippen molar-refractivity contribution >= 4 is 17.6 Å². The molecule has 6 nitrogen and oxygen atoms in total. The molecule has 0 radical (unpaired) electrons. The Morgan fingerprint density at radius 2 is 2.00 bits per heavy atom. The summed E-state index contributed by atoms with van der Waals surface area (Å²) in [5, 5.41) is 2.69. The van der Waals surface area contributed by atoms with E-state index >= 15 is 0 Å². The number of carbonyl (C=O) groups excluding carboxylic acids is 2. The van der Waals surface area contributed by atoms with E-state index in [9.17, 15) is 9.59 Å². The largest absolute Gasteiger partial charge is 0.497 e. The fraction of sp³-hybridized carbons (Fsp3) is 0.579. The van der Waals surface area contributed by atoms with Gasteiger partial charge in [-0.25, -0.2) is 0 Å². The molecule has 3 rings (SSSR count). The molecule has 0 heterocycles. The average Bonchev–Trinajstić information content (AvgIpc) is 3.23. The normalized spacial score (nSPS) is 24.0. The van der Waals surface area contributed by atoms with Crippen molar-refractivity contribution in [3.63, 3.8) is 0 Å². The Kier molecular flexibility index (Phi) is 5.46. The van der Waals surface area contributed by atoms with Crippen molar-refractivity contribution in [1.82, 2.24) is 0 Å². The van der Waals surface area contributed by atoms with E-state index in [4.69, 9.17) is 14.2 Å². The highest BCUT2D eigenvalue weighted by Gasteiger charge is 2.40. The van der Waals surface area contributed by atoms with E-state index in [1.54, 1.807) is 25.3 Å². The molecule has 6 heteroatoms. The number of hydrogen-bond donors (Lipinski definition) is 1. The first-order valence-electron chi connectivity index (χ1n) is 8.76. The second kappa shape index (κ2) is 7.76. The van der Waals surface area contributed by atoms with Crippen LogP contribution in [0.3, 0.4) is 0 Å². The van der Waals surface area contributed by atoms with Gasteiger partial charge in [0.25, 0.3) is 5.91 Å². The van der Waals surface area contributed by atoms with Crippen LogP contribution in [-0.2, 0) is 14.3 Å². The first kappa shape index (κ1) is 17.6. The number of rotatable bonds is 7. The SMILES string of the molecule is COc1ccc(OC)c(NC(=O)COC(=O)C[C@H]2C[C@H]3CC[C@@H]2C3)c1. The number of nitrogens with one attached hydrogen (secondary N) is 1. The molecular weight excluding hydrogens is 322 g/mol. The fourth-order valence-corrected chi connectivity index (χ4v) is 4.14. The van der Waals surface area contributed by atoms with Gasteiger partial charge in [0.15, 0.2) is 6.61 Å². The van der Waals surface area contributed by atoms with Crippen LogP contribution in [0.1, 0.15) is 32.1 Å². The molecule has 0 aromatic heterocycles. The maximum atomic E-state index is 12.1. The summed E-state index contributed by atoms with van der Waals surface area (Å²) in [5.74, 6) is 2.34. The Morgan fingerprint density at radius 3 is 2.64 bits per heavy atom. The number of carbonyl (C=O) groups is 2. The zero-order chi connectivity index (χ0) is 17.8. The summed E-state index contributed by atoms with van der Waals surface area (Å²) >= 11 is 0. The van der Waals surface area contributed by atoms with Crippen molar-refractivity contribution in [2.75, 3.05) is 26.1 Å². The second-order valence-corrected chi connectivity index (χ2v) is 6.91. The molecule has 136 valence electrons. The first-order chi connectivity index (χ1) is 12.1. The van der Waals surface area contributed by atoms with Crippen molar-refractivity contribution in [2.45, 2.75) is 32.1 Å². The molecule has 1 aromatic rings. The third-order valence-electron chi connectivity index (χ3n) is 5.36. The highest BCUT2D eigenvalue weighted by atomic mass is 16.5. The van der Waals surface area contributed by atoms with E-state index < -0.39 is 5.91 Å². The lowest BCUT2D eigenvalue weighted by atomic mass is 9.86. The summed E-state index contributed by atoms with van der Waals surface area (Å²) in [6.45, 7) is -0.292. The van der Waals surface area contributed by atoms with E-state index in [0.29, 0.717) is 35.4 Å². The molecule has 1 aromatic carbocycles. The zero-order valence-electron chi connectivity index (χ0n) is 14.7. The van der Waals surface area contributed by atoms with Gasteiger partial charge in [-0.1, -0.05) is 6.42 Å². The molecular formula is C19H25NO5. The van der Waals surface area contributed by atoms with E-state index in [2.05, 4.69) is 5.32 Å². The van der Waals surface area contributed by atoms with E-state index in [-0.39, 0.29) is 12.6 Å². The molecule has 1 N–H and O–H groups in total. The van der Waals surface area contributed by atoms with Crippen molar-refractivity contribution in [3.8, 4) is 11.5 Å². The van der Waals surface area contributed by atoms with E-state index in [1.807, 2.05) is 0 Å². The minimum absolute atomic E-state index is 0.287. The average molecular weight is 347 g/mol. The van der Waals surface area contributed by atoms with Crippen LogP contribution in [-0.4, -0.2) is 32.7 Å². The van der Waals surface area contributed by atoms with Gasteiger partial charge in [0.1, 0.15) is 11.5 Å². The monoisotopic (exact) mass is 347 g/mol. The summed E-state index contributed by atoms with van der Waals surface area (Å²) in [6, 6.07) is 5.10. The number of methoxy groups -OCH3 is 2. The van der Waals surface area contributed by atoms with Gasteiger partial charge in [-0.15, -0.1) is 0 Å². The summed E-state index contributed by atoms with van der Waals surface area (Å²) in [5.41, 5.74) is 0.482. The van der Waals surface area contributed by atoms with Crippen LogP contribution in [0.15, 0.2) is 18.2 Å². The summed E-state index contributed by atoms with van der Waals surface area (Å²) in [6.07, 6.45) is 5.36. The molecule has 0 aliphatic heterocycles. The van der Waals surface area contributed by atoms with Crippen LogP contribution in [0.4, 0.5) is 5.69 Å². The van der Waals surface area contributed by atoms with Crippen molar-refractivity contribution in [1.29, 1.82) is 0 Å². The molecule has 2 saturated carbocycles. The lowest BCUT2D eigenvalue weighted by Crippen LogP contribution is -2.23. The number of amides is 1. The molecule has 2 fully saturated rings. The summed E-state index contributed by atoms with van der Waals surface area (Å²) in [4.78, 5) is 24.1. The predicted molar refractivity (Wildman–Crippen MR) is 92.7 cm³/mol. The smallest absolute Gasteiger partial charge is 0.306 e. The van der Waals surface area contributed by atoms with Crippen molar-refractivity contribution in [3.05, 3.63) is 18.2 Å². The van der Waals surface area contributed by atoms with Crippen molar-refractivity contribution in [2.24, 2.45) is 17.8 Å². The summed E-state index contributed by atoms with van der Waals surface area (Å²) < 4.78 is 15.5. The van der Waals surface area contributed by atoms with Crippen molar-refractivity contribution < 1.29 is 23.8 Å². The minimum atomic E-state index is -0.396.